The van der Waals surface area contributed by atoms with E-state index < -0.39 is 10.8 Å². The van der Waals surface area contributed by atoms with Crippen molar-refractivity contribution in [2.45, 2.75) is 0 Å². The van der Waals surface area contributed by atoms with Crippen LogP contribution in [0.15, 0.2) is 36.4 Å². The molecule has 0 saturated heterocycles. The molecule has 0 saturated carbocycles. The predicted octanol–water partition coefficient (Wildman–Crippen LogP) is 3.55. The van der Waals surface area contributed by atoms with Gasteiger partial charge in [-0.3, -0.25) is 14.9 Å². The molecule has 1 aromatic heterocycles. The Kier molecular flexibility index (Phi) is 4.16. The molecule has 0 radical (unpaired) electrons. The zero-order chi connectivity index (χ0) is 14.7. The number of amides is 1. The molecule has 0 aliphatic heterocycles. The standard InChI is InChI=1S/C12H7Cl2N3O3/c13-10-6-5-9(11(14)16-10)15-12(18)7-1-3-8(4-2-7)17(19)20/h1-6H,(H,15,18). The molecule has 102 valence electrons. The zero-order valence-corrected chi connectivity index (χ0v) is 11.4. The average molecular weight is 312 g/mol. The van der Waals surface area contributed by atoms with Crippen molar-refractivity contribution in [1.29, 1.82) is 0 Å². The van der Waals surface area contributed by atoms with Gasteiger partial charge in [0, 0.05) is 17.7 Å². The number of anilines is 1. The number of carbonyl (C=O) groups is 1. The van der Waals surface area contributed by atoms with Crippen LogP contribution in [0, 0.1) is 10.1 Å². The number of nitro benzene ring substituents is 1. The number of hydrogen-bond acceptors (Lipinski definition) is 4. The summed E-state index contributed by atoms with van der Waals surface area (Å²) in [4.78, 5) is 25.7. The lowest BCUT2D eigenvalue weighted by molar-refractivity contribution is -0.384. The molecule has 0 spiro atoms. The predicted molar refractivity (Wildman–Crippen MR) is 75.3 cm³/mol. The second-order valence-corrected chi connectivity index (χ2v) is 4.48. The van der Waals surface area contributed by atoms with E-state index in [-0.39, 0.29) is 21.6 Å². The van der Waals surface area contributed by atoms with Crippen LogP contribution in [-0.2, 0) is 0 Å². The van der Waals surface area contributed by atoms with Gasteiger partial charge in [-0.15, -0.1) is 0 Å². The van der Waals surface area contributed by atoms with Crippen LogP contribution in [0.4, 0.5) is 11.4 Å². The summed E-state index contributed by atoms with van der Waals surface area (Å²) in [5.74, 6) is -0.453. The molecule has 1 heterocycles. The SMILES string of the molecule is O=C(Nc1ccc(Cl)nc1Cl)c1ccc([N+](=O)[O-])cc1. The number of nitro groups is 1. The van der Waals surface area contributed by atoms with Gasteiger partial charge in [-0.1, -0.05) is 23.2 Å². The number of nitrogens with zero attached hydrogens (tertiary/aromatic N) is 2. The highest BCUT2D eigenvalue weighted by molar-refractivity contribution is 6.34. The number of carbonyl (C=O) groups excluding carboxylic acids is 1. The summed E-state index contributed by atoms with van der Waals surface area (Å²) in [6, 6.07) is 8.20. The number of halogens is 2. The zero-order valence-electron chi connectivity index (χ0n) is 9.84. The normalized spacial score (nSPS) is 10.1. The summed E-state index contributed by atoms with van der Waals surface area (Å²) in [5.41, 5.74) is 0.480. The van der Waals surface area contributed by atoms with Gasteiger partial charge in [0.05, 0.1) is 10.6 Å². The van der Waals surface area contributed by atoms with Gasteiger partial charge in [0.2, 0.25) is 0 Å². The lowest BCUT2D eigenvalue weighted by Crippen LogP contribution is -2.12. The smallest absolute Gasteiger partial charge is 0.269 e. The maximum absolute atomic E-state index is 11.9. The Morgan fingerprint density at radius 3 is 2.35 bits per heavy atom. The molecule has 1 aromatic carbocycles. The van der Waals surface area contributed by atoms with E-state index in [9.17, 15) is 14.9 Å². The monoisotopic (exact) mass is 311 g/mol. The minimum atomic E-state index is -0.540. The molecule has 2 rings (SSSR count). The van der Waals surface area contributed by atoms with Crippen molar-refractivity contribution < 1.29 is 9.72 Å². The van der Waals surface area contributed by atoms with E-state index in [2.05, 4.69) is 10.3 Å². The van der Waals surface area contributed by atoms with Gasteiger partial charge in [0.1, 0.15) is 5.15 Å². The third-order valence-corrected chi connectivity index (χ3v) is 2.90. The Hall–Kier alpha value is -2.18. The third kappa shape index (κ3) is 3.23. The highest BCUT2D eigenvalue weighted by Crippen LogP contribution is 2.22. The molecule has 0 aliphatic carbocycles. The van der Waals surface area contributed by atoms with E-state index in [0.717, 1.165) is 0 Å². The van der Waals surface area contributed by atoms with Crippen LogP contribution in [0.3, 0.4) is 0 Å². The second-order valence-electron chi connectivity index (χ2n) is 3.73. The highest BCUT2D eigenvalue weighted by atomic mass is 35.5. The van der Waals surface area contributed by atoms with Crippen LogP contribution in [0.5, 0.6) is 0 Å². The van der Waals surface area contributed by atoms with Crippen molar-refractivity contribution in [2.24, 2.45) is 0 Å². The van der Waals surface area contributed by atoms with Gasteiger partial charge in [-0.25, -0.2) is 4.98 Å². The van der Waals surface area contributed by atoms with Crippen molar-refractivity contribution in [3.8, 4) is 0 Å². The minimum Gasteiger partial charge on any atom is -0.319 e. The van der Waals surface area contributed by atoms with E-state index in [1.165, 1.54) is 36.4 Å². The first kappa shape index (κ1) is 14.2. The summed E-state index contributed by atoms with van der Waals surface area (Å²) >= 11 is 11.5. The van der Waals surface area contributed by atoms with E-state index in [4.69, 9.17) is 23.2 Å². The summed E-state index contributed by atoms with van der Waals surface area (Å²) in [6.45, 7) is 0. The quantitative estimate of drug-likeness (QED) is 0.533. The molecule has 1 N–H and O–H groups in total. The molecule has 1 amide bonds. The van der Waals surface area contributed by atoms with E-state index in [1.807, 2.05) is 0 Å². The van der Waals surface area contributed by atoms with Gasteiger partial charge in [0.15, 0.2) is 5.15 Å². The molecule has 2 aromatic rings. The third-order valence-electron chi connectivity index (χ3n) is 2.40. The van der Waals surface area contributed by atoms with Crippen LogP contribution < -0.4 is 5.32 Å². The largest absolute Gasteiger partial charge is 0.319 e. The van der Waals surface area contributed by atoms with Crippen molar-refractivity contribution in [3.63, 3.8) is 0 Å². The topological polar surface area (TPSA) is 85.1 Å². The first-order valence-corrected chi connectivity index (χ1v) is 6.11. The summed E-state index contributed by atoms with van der Waals surface area (Å²) < 4.78 is 0. The molecular formula is C12H7Cl2N3O3. The fraction of sp³-hybridized carbons (Fsp3) is 0. The van der Waals surface area contributed by atoms with Crippen molar-refractivity contribution in [1.82, 2.24) is 4.98 Å². The van der Waals surface area contributed by atoms with Crippen LogP contribution >= 0.6 is 23.2 Å². The van der Waals surface area contributed by atoms with Gasteiger partial charge in [-0.2, -0.15) is 0 Å². The molecule has 0 atom stereocenters. The number of hydrogen-bond donors (Lipinski definition) is 1. The molecule has 0 bridgehead atoms. The van der Waals surface area contributed by atoms with Gasteiger partial charge in [0.25, 0.3) is 11.6 Å². The summed E-state index contributed by atoms with van der Waals surface area (Å²) in [6.07, 6.45) is 0. The van der Waals surface area contributed by atoms with E-state index >= 15 is 0 Å². The molecule has 6 nitrogen and oxygen atoms in total. The number of pyridine rings is 1. The summed E-state index contributed by atoms with van der Waals surface area (Å²) in [5, 5.41) is 13.3. The molecule has 8 heteroatoms. The van der Waals surface area contributed by atoms with Crippen molar-refractivity contribution in [2.75, 3.05) is 5.32 Å². The number of nitrogens with one attached hydrogen (secondary N) is 1. The van der Waals surface area contributed by atoms with Crippen molar-refractivity contribution in [3.05, 3.63) is 62.4 Å². The van der Waals surface area contributed by atoms with E-state index in [0.29, 0.717) is 5.69 Å². The lowest BCUT2D eigenvalue weighted by atomic mass is 10.2. The Morgan fingerprint density at radius 1 is 1.15 bits per heavy atom. The Labute approximate surface area is 123 Å². The molecule has 0 fully saturated rings. The van der Waals surface area contributed by atoms with Crippen molar-refractivity contribution >= 4 is 40.5 Å². The van der Waals surface area contributed by atoms with Crippen LogP contribution in [0.25, 0.3) is 0 Å². The Balaban J connectivity index is 2.17. The fourth-order valence-electron chi connectivity index (χ4n) is 1.43. The minimum absolute atomic E-state index is 0.0627. The molecule has 20 heavy (non-hydrogen) atoms. The van der Waals surface area contributed by atoms with E-state index in [1.54, 1.807) is 0 Å². The average Bonchev–Trinajstić information content (AvgIpc) is 2.42. The maximum Gasteiger partial charge on any atom is 0.269 e. The summed E-state index contributed by atoms with van der Waals surface area (Å²) in [7, 11) is 0. The van der Waals surface area contributed by atoms with Gasteiger partial charge >= 0.3 is 0 Å². The number of rotatable bonds is 3. The lowest BCUT2D eigenvalue weighted by Gasteiger charge is -2.06. The highest BCUT2D eigenvalue weighted by Gasteiger charge is 2.11. The Bertz CT molecular complexity index is 674. The first-order chi connectivity index (χ1) is 9.47. The second kappa shape index (κ2) is 5.85. The van der Waals surface area contributed by atoms with Crippen LogP contribution in [0.2, 0.25) is 10.3 Å². The fourth-order valence-corrected chi connectivity index (χ4v) is 1.83. The first-order valence-electron chi connectivity index (χ1n) is 5.35. The number of non-ortho nitro benzene ring substituents is 1. The molecule has 0 aliphatic rings. The van der Waals surface area contributed by atoms with Gasteiger partial charge in [-0.05, 0) is 24.3 Å². The van der Waals surface area contributed by atoms with Gasteiger partial charge < -0.3 is 5.32 Å². The number of aromatic nitrogens is 1. The number of benzene rings is 1. The van der Waals surface area contributed by atoms with Crippen LogP contribution in [-0.4, -0.2) is 15.8 Å². The molecular weight excluding hydrogens is 305 g/mol. The Morgan fingerprint density at radius 2 is 1.80 bits per heavy atom. The maximum atomic E-state index is 11.9. The van der Waals surface area contributed by atoms with Crippen LogP contribution in [0.1, 0.15) is 10.4 Å². The molecule has 0 unspecified atom stereocenters.